The van der Waals surface area contributed by atoms with Gasteiger partial charge < -0.3 is 9.88 Å². The zero-order valence-electron chi connectivity index (χ0n) is 14.5. The molecule has 0 aliphatic carbocycles. The van der Waals surface area contributed by atoms with E-state index in [2.05, 4.69) is 10.3 Å². The summed E-state index contributed by atoms with van der Waals surface area (Å²) in [7, 11) is 0. The quantitative estimate of drug-likeness (QED) is 0.767. The third-order valence-corrected chi connectivity index (χ3v) is 4.65. The van der Waals surface area contributed by atoms with Crippen molar-refractivity contribution in [1.29, 1.82) is 0 Å². The van der Waals surface area contributed by atoms with E-state index in [1.165, 1.54) is 11.0 Å². The van der Waals surface area contributed by atoms with E-state index in [0.717, 1.165) is 23.7 Å². The van der Waals surface area contributed by atoms with Crippen molar-refractivity contribution in [3.05, 3.63) is 83.4 Å². The Kier molecular flexibility index (Phi) is 4.58. The largest absolute Gasteiger partial charge is 0.334 e. The zero-order chi connectivity index (χ0) is 18.8. The Morgan fingerprint density at radius 1 is 1.15 bits per heavy atom. The number of nitrogens with one attached hydrogen (secondary N) is 1. The van der Waals surface area contributed by atoms with Crippen molar-refractivity contribution >= 4 is 11.7 Å². The summed E-state index contributed by atoms with van der Waals surface area (Å²) < 4.78 is 29.3. The number of carbonyl (C=O) groups is 1. The van der Waals surface area contributed by atoms with Crippen LogP contribution in [0.1, 0.15) is 16.7 Å². The first-order valence-corrected chi connectivity index (χ1v) is 8.67. The molecule has 2 aromatic carbocycles. The van der Waals surface area contributed by atoms with Crippen LogP contribution in [0.3, 0.4) is 0 Å². The summed E-state index contributed by atoms with van der Waals surface area (Å²) in [5.41, 5.74) is 2.76. The topological polar surface area (TPSA) is 50.2 Å². The molecular formula is C20H18F2N4O. The van der Waals surface area contributed by atoms with Gasteiger partial charge in [0.2, 0.25) is 0 Å². The number of anilines is 1. The van der Waals surface area contributed by atoms with Gasteiger partial charge in [0.15, 0.2) is 0 Å². The first-order valence-electron chi connectivity index (χ1n) is 8.67. The lowest BCUT2D eigenvalue weighted by Crippen LogP contribution is -2.38. The Bertz CT molecular complexity index is 955. The summed E-state index contributed by atoms with van der Waals surface area (Å²) in [6.45, 7) is 1.41. The number of imidazole rings is 1. The molecule has 1 aliphatic heterocycles. The van der Waals surface area contributed by atoms with Crippen LogP contribution in [0.4, 0.5) is 19.3 Å². The number of carbonyl (C=O) groups excluding carboxylic acids is 1. The fourth-order valence-electron chi connectivity index (χ4n) is 3.26. The molecule has 0 bridgehead atoms. The van der Waals surface area contributed by atoms with Crippen molar-refractivity contribution in [1.82, 2.24) is 14.9 Å². The van der Waals surface area contributed by atoms with E-state index in [-0.39, 0.29) is 6.03 Å². The van der Waals surface area contributed by atoms with E-state index in [1.807, 2.05) is 35.0 Å². The highest BCUT2D eigenvalue weighted by atomic mass is 19.1. The van der Waals surface area contributed by atoms with Crippen LogP contribution in [0.25, 0.3) is 0 Å². The molecule has 0 fully saturated rings. The molecular weight excluding hydrogens is 350 g/mol. The van der Waals surface area contributed by atoms with Gasteiger partial charge >= 0.3 is 6.03 Å². The molecule has 0 saturated heterocycles. The van der Waals surface area contributed by atoms with Crippen LogP contribution in [0.5, 0.6) is 0 Å². The Hall–Kier alpha value is -3.22. The monoisotopic (exact) mass is 368 g/mol. The fraction of sp³-hybridized carbons (Fsp3) is 0.200. The predicted molar refractivity (Wildman–Crippen MR) is 97.4 cm³/mol. The molecule has 4 rings (SSSR count). The van der Waals surface area contributed by atoms with Crippen LogP contribution in [0, 0.1) is 11.6 Å². The molecule has 1 aliphatic rings. The van der Waals surface area contributed by atoms with Crippen LogP contribution in [-0.4, -0.2) is 22.1 Å². The Morgan fingerprint density at radius 2 is 1.93 bits per heavy atom. The number of aromatic nitrogens is 2. The Morgan fingerprint density at radius 3 is 2.67 bits per heavy atom. The molecule has 3 aromatic rings. The molecule has 0 spiro atoms. The van der Waals surface area contributed by atoms with Crippen LogP contribution in [0.2, 0.25) is 0 Å². The maximum atomic E-state index is 13.8. The maximum Gasteiger partial charge on any atom is 0.322 e. The molecule has 138 valence electrons. The van der Waals surface area contributed by atoms with Crippen LogP contribution in [0.15, 0.2) is 55.1 Å². The first-order chi connectivity index (χ1) is 13.1. The first kappa shape index (κ1) is 17.2. The van der Waals surface area contributed by atoms with E-state index >= 15 is 0 Å². The van der Waals surface area contributed by atoms with Crippen LogP contribution in [-0.2, 0) is 19.5 Å². The molecule has 0 radical (unpaired) electrons. The normalized spacial score (nSPS) is 12.9. The number of fused-ring (bicyclic) bond motifs is 1. The second-order valence-corrected chi connectivity index (χ2v) is 6.50. The molecule has 7 heteroatoms. The van der Waals surface area contributed by atoms with Gasteiger partial charge in [-0.15, -0.1) is 0 Å². The molecule has 0 atom stereocenters. The average Bonchev–Trinajstić information content (AvgIpc) is 3.30. The number of rotatable bonds is 4. The smallest absolute Gasteiger partial charge is 0.322 e. The summed E-state index contributed by atoms with van der Waals surface area (Å²) in [5, 5.41) is 2.81. The van der Waals surface area contributed by atoms with Crippen molar-refractivity contribution in [2.24, 2.45) is 0 Å². The Labute approximate surface area is 155 Å². The van der Waals surface area contributed by atoms with Gasteiger partial charge in [0.1, 0.15) is 11.6 Å². The molecule has 27 heavy (non-hydrogen) atoms. The van der Waals surface area contributed by atoms with Crippen molar-refractivity contribution in [2.75, 3.05) is 11.4 Å². The number of amides is 2. The van der Waals surface area contributed by atoms with Crippen molar-refractivity contribution < 1.29 is 13.6 Å². The minimum absolute atomic E-state index is 0.306. The number of urea groups is 1. The zero-order valence-corrected chi connectivity index (χ0v) is 14.5. The van der Waals surface area contributed by atoms with Gasteiger partial charge in [-0.05, 0) is 23.6 Å². The summed E-state index contributed by atoms with van der Waals surface area (Å²) in [6, 6.07) is 9.59. The minimum atomic E-state index is -0.681. The van der Waals surface area contributed by atoms with Crippen molar-refractivity contribution in [3.63, 3.8) is 0 Å². The Balaban J connectivity index is 1.38. The highest BCUT2D eigenvalue weighted by Gasteiger charge is 2.27. The van der Waals surface area contributed by atoms with Gasteiger partial charge in [0.25, 0.3) is 0 Å². The van der Waals surface area contributed by atoms with E-state index in [0.29, 0.717) is 30.8 Å². The average molecular weight is 368 g/mol. The number of hydrogen-bond acceptors (Lipinski definition) is 2. The van der Waals surface area contributed by atoms with E-state index in [1.54, 1.807) is 12.5 Å². The van der Waals surface area contributed by atoms with Gasteiger partial charge in [0.05, 0.1) is 12.0 Å². The number of halogens is 2. The van der Waals surface area contributed by atoms with Crippen molar-refractivity contribution in [3.8, 4) is 0 Å². The lowest BCUT2D eigenvalue weighted by Gasteiger charge is -2.18. The molecule has 2 amide bonds. The summed E-state index contributed by atoms with van der Waals surface area (Å²) in [5.74, 6) is -1.28. The second-order valence-electron chi connectivity index (χ2n) is 6.50. The number of nitrogens with zero attached hydrogens (tertiary/aromatic N) is 3. The number of hydrogen-bond donors (Lipinski definition) is 1. The second kappa shape index (κ2) is 7.19. The summed E-state index contributed by atoms with van der Waals surface area (Å²) >= 11 is 0. The molecule has 5 nitrogen and oxygen atoms in total. The molecule has 0 saturated carbocycles. The third-order valence-electron chi connectivity index (χ3n) is 4.65. The molecule has 1 aromatic heterocycles. The molecule has 1 N–H and O–H groups in total. The van der Waals surface area contributed by atoms with Crippen LogP contribution < -0.4 is 10.2 Å². The van der Waals surface area contributed by atoms with Crippen molar-refractivity contribution in [2.45, 2.75) is 19.5 Å². The lowest BCUT2D eigenvalue weighted by atomic mass is 10.1. The lowest BCUT2D eigenvalue weighted by molar-refractivity contribution is 0.246. The number of benzene rings is 2. The molecule has 2 heterocycles. The summed E-state index contributed by atoms with van der Waals surface area (Å²) in [4.78, 5) is 17.8. The van der Waals surface area contributed by atoms with E-state index in [9.17, 15) is 13.6 Å². The van der Waals surface area contributed by atoms with E-state index in [4.69, 9.17) is 0 Å². The third kappa shape index (κ3) is 3.67. The minimum Gasteiger partial charge on any atom is -0.334 e. The predicted octanol–water partition coefficient (Wildman–Crippen LogP) is 3.48. The van der Waals surface area contributed by atoms with Gasteiger partial charge in [-0.3, -0.25) is 4.90 Å². The van der Waals surface area contributed by atoms with Gasteiger partial charge in [-0.1, -0.05) is 24.3 Å². The SMILES string of the molecule is O=C(NCc1ccc(Cn2ccnc2)cc1)N1CCc2c(F)cc(F)cc21. The van der Waals surface area contributed by atoms with Gasteiger partial charge in [0, 0.05) is 43.7 Å². The summed E-state index contributed by atoms with van der Waals surface area (Å²) in [6.07, 6.45) is 5.78. The van der Waals surface area contributed by atoms with Gasteiger partial charge in [-0.25, -0.2) is 18.6 Å². The highest BCUT2D eigenvalue weighted by Crippen LogP contribution is 2.31. The van der Waals surface area contributed by atoms with Gasteiger partial charge in [-0.2, -0.15) is 0 Å². The van der Waals surface area contributed by atoms with E-state index < -0.39 is 11.6 Å². The highest BCUT2D eigenvalue weighted by molar-refractivity contribution is 5.94. The molecule has 0 unspecified atom stereocenters. The van der Waals surface area contributed by atoms with Crippen LogP contribution >= 0.6 is 0 Å². The fourth-order valence-corrected chi connectivity index (χ4v) is 3.26. The standard InChI is InChI=1S/C20H18F2N4O/c21-16-9-18(22)17-5-7-26(19(17)10-16)20(27)24-11-14-1-3-15(4-2-14)12-25-8-6-23-13-25/h1-4,6,8-10,13H,5,7,11-12H2,(H,24,27). The maximum absolute atomic E-state index is 13.8.